The quantitative estimate of drug-likeness (QED) is 0.311. The summed E-state index contributed by atoms with van der Waals surface area (Å²) in [5.74, 6) is 3.55. The molecule has 0 radical (unpaired) electrons. The molecule has 0 spiro atoms. The van der Waals surface area contributed by atoms with Crippen molar-refractivity contribution in [2.24, 2.45) is 11.8 Å². The first kappa shape index (κ1) is 23.9. The van der Waals surface area contributed by atoms with E-state index in [1.54, 1.807) is 0 Å². The third-order valence-corrected chi connectivity index (χ3v) is 6.99. The molecule has 0 amide bonds. The van der Waals surface area contributed by atoms with Crippen LogP contribution in [0.2, 0.25) is 0 Å². The molecular formula is C30H44O. The highest BCUT2D eigenvalue weighted by Gasteiger charge is 2.22. The van der Waals surface area contributed by atoms with Crippen LogP contribution in [0.15, 0.2) is 48.5 Å². The molecule has 0 N–H and O–H groups in total. The van der Waals surface area contributed by atoms with Crippen LogP contribution in [0.3, 0.4) is 0 Å². The van der Waals surface area contributed by atoms with Gasteiger partial charge in [-0.05, 0) is 85.1 Å². The van der Waals surface area contributed by atoms with E-state index in [4.69, 9.17) is 4.74 Å². The van der Waals surface area contributed by atoms with Gasteiger partial charge in [0, 0.05) is 0 Å². The molecule has 0 heterocycles. The lowest BCUT2D eigenvalue weighted by Gasteiger charge is -2.29. The van der Waals surface area contributed by atoms with Gasteiger partial charge in [0.05, 0.1) is 6.61 Å². The van der Waals surface area contributed by atoms with Gasteiger partial charge in [-0.25, -0.2) is 0 Å². The SMILES string of the molecule is CCCCCCCCOc1ccc(-c2ccc(C3CCC(CC(C)C)CC3)cc2)cc1. The zero-order valence-electron chi connectivity index (χ0n) is 20.2. The van der Waals surface area contributed by atoms with Crippen LogP contribution in [-0.4, -0.2) is 6.61 Å². The van der Waals surface area contributed by atoms with Crippen molar-refractivity contribution < 1.29 is 4.74 Å². The molecule has 2 aromatic carbocycles. The maximum atomic E-state index is 5.93. The fraction of sp³-hybridized carbons (Fsp3) is 0.600. The molecule has 1 saturated carbocycles. The fourth-order valence-electron chi connectivity index (χ4n) is 5.16. The fourth-order valence-corrected chi connectivity index (χ4v) is 5.16. The summed E-state index contributed by atoms with van der Waals surface area (Å²) in [6, 6.07) is 18.0. The molecule has 0 atom stereocenters. The van der Waals surface area contributed by atoms with Crippen LogP contribution in [-0.2, 0) is 0 Å². The van der Waals surface area contributed by atoms with Gasteiger partial charge in [-0.1, -0.05) is 89.3 Å². The first-order valence-corrected chi connectivity index (χ1v) is 13.0. The first-order chi connectivity index (χ1) is 15.2. The predicted octanol–water partition coefficient (Wildman–Crippen LogP) is 9.41. The molecule has 0 bridgehead atoms. The summed E-state index contributed by atoms with van der Waals surface area (Å²) in [5.41, 5.74) is 4.12. The van der Waals surface area contributed by atoms with Gasteiger partial charge in [0.2, 0.25) is 0 Å². The molecule has 1 nitrogen and oxygen atoms in total. The van der Waals surface area contributed by atoms with Crippen LogP contribution < -0.4 is 4.74 Å². The number of benzene rings is 2. The van der Waals surface area contributed by atoms with Crippen molar-refractivity contribution in [3.8, 4) is 16.9 Å². The molecule has 2 aromatic rings. The Balaban J connectivity index is 1.43. The number of rotatable bonds is 12. The van der Waals surface area contributed by atoms with Crippen LogP contribution in [0.5, 0.6) is 5.75 Å². The first-order valence-electron chi connectivity index (χ1n) is 13.0. The Morgan fingerprint density at radius 1 is 0.742 bits per heavy atom. The van der Waals surface area contributed by atoms with Gasteiger partial charge in [-0.15, -0.1) is 0 Å². The number of hydrogen-bond donors (Lipinski definition) is 0. The normalized spacial score (nSPS) is 19.0. The van der Waals surface area contributed by atoms with Crippen LogP contribution in [0.25, 0.3) is 11.1 Å². The van der Waals surface area contributed by atoms with Gasteiger partial charge < -0.3 is 4.74 Å². The standard InChI is InChI=1S/C30H44O/c1-4-5-6-7-8-9-22-31-30-20-18-29(19-21-30)28-16-14-27(15-17-28)26-12-10-25(11-13-26)23-24(2)3/h14-21,24-26H,4-13,22-23H2,1-3H3. The minimum atomic E-state index is 0.759. The van der Waals surface area contributed by atoms with Gasteiger partial charge in [-0.3, -0.25) is 0 Å². The summed E-state index contributed by atoms with van der Waals surface area (Å²) >= 11 is 0. The van der Waals surface area contributed by atoms with Crippen LogP contribution in [0.4, 0.5) is 0 Å². The van der Waals surface area contributed by atoms with Gasteiger partial charge in [0.25, 0.3) is 0 Å². The van der Waals surface area contributed by atoms with Crippen molar-refractivity contribution in [3.05, 3.63) is 54.1 Å². The minimum Gasteiger partial charge on any atom is -0.494 e. The third-order valence-electron chi connectivity index (χ3n) is 6.99. The Hall–Kier alpha value is -1.76. The predicted molar refractivity (Wildman–Crippen MR) is 135 cm³/mol. The summed E-state index contributed by atoms with van der Waals surface area (Å²) < 4.78 is 5.93. The average Bonchev–Trinajstić information content (AvgIpc) is 2.79. The van der Waals surface area contributed by atoms with Crippen molar-refractivity contribution in [1.82, 2.24) is 0 Å². The average molecular weight is 421 g/mol. The van der Waals surface area contributed by atoms with E-state index < -0.39 is 0 Å². The molecule has 1 aliphatic rings. The monoisotopic (exact) mass is 420 g/mol. The highest BCUT2D eigenvalue weighted by molar-refractivity contribution is 5.64. The zero-order valence-corrected chi connectivity index (χ0v) is 20.2. The van der Waals surface area contributed by atoms with E-state index in [0.29, 0.717) is 0 Å². The molecule has 31 heavy (non-hydrogen) atoms. The maximum Gasteiger partial charge on any atom is 0.119 e. The second kappa shape index (κ2) is 12.9. The Morgan fingerprint density at radius 2 is 1.32 bits per heavy atom. The summed E-state index contributed by atoms with van der Waals surface area (Å²) in [6.07, 6.45) is 14.8. The lowest BCUT2D eigenvalue weighted by Crippen LogP contribution is -2.14. The summed E-state index contributed by atoms with van der Waals surface area (Å²) in [5, 5.41) is 0. The van der Waals surface area contributed by atoms with E-state index in [2.05, 4.69) is 69.3 Å². The lowest BCUT2D eigenvalue weighted by molar-refractivity contribution is 0.283. The molecule has 170 valence electrons. The Bertz CT molecular complexity index is 720. The van der Waals surface area contributed by atoms with E-state index >= 15 is 0 Å². The number of hydrogen-bond acceptors (Lipinski definition) is 1. The van der Waals surface area contributed by atoms with Crippen molar-refractivity contribution in [2.75, 3.05) is 6.61 Å². The van der Waals surface area contributed by atoms with E-state index in [1.807, 2.05) is 0 Å². The van der Waals surface area contributed by atoms with Gasteiger partial charge in [-0.2, -0.15) is 0 Å². The summed E-state index contributed by atoms with van der Waals surface area (Å²) in [7, 11) is 0. The maximum absolute atomic E-state index is 5.93. The molecule has 1 fully saturated rings. The molecule has 0 saturated heterocycles. The van der Waals surface area contributed by atoms with Crippen molar-refractivity contribution in [3.63, 3.8) is 0 Å². The molecular weight excluding hydrogens is 376 g/mol. The van der Waals surface area contributed by atoms with Gasteiger partial charge in [0.1, 0.15) is 5.75 Å². The summed E-state index contributed by atoms with van der Waals surface area (Å²) in [6.45, 7) is 7.82. The van der Waals surface area contributed by atoms with Crippen molar-refractivity contribution in [1.29, 1.82) is 0 Å². The topological polar surface area (TPSA) is 9.23 Å². The van der Waals surface area contributed by atoms with E-state index in [9.17, 15) is 0 Å². The van der Waals surface area contributed by atoms with E-state index in [0.717, 1.165) is 36.5 Å². The highest BCUT2D eigenvalue weighted by Crippen LogP contribution is 2.38. The van der Waals surface area contributed by atoms with E-state index in [1.165, 1.54) is 80.9 Å². The smallest absolute Gasteiger partial charge is 0.119 e. The summed E-state index contributed by atoms with van der Waals surface area (Å²) in [4.78, 5) is 0. The minimum absolute atomic E-state index is 0.759. The molecule has 1 aliphatic carbocycles. The Morgan fingerprint density at radius 3 is 1.94 bits per heavy atom. The number of ether oxygens (including phenoxy) is 1. The third kappa shape index (κ3) is 8.02. The molecule has 0 aliphatic heterocycles. The zero-order chi connectivity index (χ0) is 21.9. The van der Waals surface area contributed by atoms with Crippen molar-refractivity contribution >= 4 is 0 Å². The molecule has 1 heteroatoms. The second-order valence-corrected chi connectivity index (χ2v) is 10.1. The van der Waals surface area contributed by atoms with Crippen LogP contribution in [0.1, 0.15) is 103 Å². The molecule has 0 aromatic heterocycles. The van der Waals surface area contributed by atoms with Crippen molar-refractivity contribution in [2.45, 2.75) is 97.3 Å². The van der Waals surface area contributed by atoms with Gasteiger partial charge in [0.15, 0.2) is 0 Å². The molecule has 0 unspecified atom stereocenters. The van der Waals surface area contributed by atoms with Gasteiger partial charge >= 0.3 is 0 Å². The highest BCUT2D eigenvalue weighted by atomic mass is 16.5. The second-order valence-electron chi connectivity index (χ2n) is 10.1. The number of unbranched alkanes of at least 4 members (excludes halogenated alkanes) is 5. The van der Waals surface area contributed by atoms with E-state index in [-0.39, 0.29) is 0 Å². The Kier molecular flexibility index (Phi) is 9.97. The lowest BCUT2D eigenvalue weighted by atomic mass is 9.76. The van der Waals surface area contributed by atoms with Crippen LogP contribution in [0, 0.1) is 11.8 Å². The Labute approximate surface area is 191 Å². The largest absolute Gasteiger partial charge is 0.494 e. The van der Waals surface area contributed by atoms with Crippen LogP contribution >= 0.6 is 0 Å². The molecule has 3 rings (SSSR count).